The lowest BCUT2D eigenvalue weighted by atomic mass is 10.3. The molecular formula is C11H24N2O2. The van der Waals surface area contributed by atoms with Crippen molar-refractivity contribution in [1.29, 1.82) is 0 Å². The van der Waals surface area contributed by atoms with E-state index < -0.39 is 0 Å². The van der Waals surface area contributed by atoms with E-state index in [9.17, 15) is 0 Å². The summed E-state index contributed by atoms with van der Waals surface area (Å²) in [6.45, 7) is 3.67. The SMILES string of the molecule is CNC(COC)CN(CCOC)C1CC1. The third kappa shape index (κ3) is 4.93. The molecule has 1 N–H and O–H groups in total. The fourth-order valence-electron chi connectivity index (χ4n) is 1.78. The molecule has 90 valence electrons. The Morgan fingerprint density at radius 2 is 2.07 bits per heavy atom. The first kappa shape index (κ1) is 12.9. The molecule has 15 heavy (non-hydrogen) atoms. The van der Waals surface area contributed by atoms with Gasteiger partial charge in [-0.15, -0.1) is 0 Å². The lowest BCUT2D eigenvalue weighted by molar-refractivity contribution is 0.111. The smallest absolute Gasteiger partial charge is 0.0628 e. The largest absolute Gasteiger partial charge is 0.383 e. The number of likely N-dealkylation sites (N-methyl/N-ethyl adjacent to an activating group) is 1. The Balaban J connectivity index is 2.27. The summed E-state index contributed by atoms with van der Waals surface area (Å²) in [5.41, 5.74) is 0. The van der Waals surface area contributed by atoms with E-state index >= 15 is 0 Å². The molecule has 0 spiro atoms. The van der Waals surface area contributed by atoms with Crippen LogP contribution in [0, 0.1) is 0 Å². The first-order chi connectivity index (χ1) is 7.31. The van der Waals surface area contributed by atoms with E-state index in [0.29, 0.717) is 6.04 Å². The van der Waals surface area contributed by atoms with Crippen molar-refractivity contribution in [3.63, 3.8) is 0 Å². The molecule has 4 heteroatoms. The molecule has 1 fully saturated rings. The molecule has 0 aromatic heterocycles. The fourth-order valence-corrected chi connectivity index (χ4v) is 1.78. The van der Waals surface area contributed by atoms with E-state index in [-0.39, 0.29) is 0 Å². The van der Waals surface area contributed by atoms with Gasteiger partial charge in [-0.1, -0.05) is 0 Å². The topological polar surface area (TPSA) is 33.7 Å². The minimum absolute atomic E-state index is 0.424. The minimum Gasteiger partial charge on any atom is -0.383 e. The molecule has 0 amide bonds. The third-order valence-corrected chi connectivity index (χ3v) is 2.88. The zero-order valence-electron chi connectivity index (χ0n) is 10.2. The predicted molar refractivity (Wildman–Crippen MR) is 61.2 cm³/mol. The van der Waals surface area contributed by atoms with E-state index in [2.05, 4.69) is 10.2 Å². The molecule has 1 rings (SSSR count). The maximum absolute atomic E-state index is 5.18. The summed E-state index contributed by atoms with van der Waals surface area (Å²) in [5, 5.41) is 3.29. The second-order valence-corrected chi connectivity index (χ2v) is 4.16. The first-order valence-electron chi connectivity index (χ1n) is 5.71. The first-order valence-corrected chi connectivity index (χ1v) is 5.71. The highest BCUT2D eigenvalue weighted by Gasteiger charge is 2.29. The molecule has 0 bridgehead atoms. The molecule has 0 heterocycles. The molecule has 0 aromatic rings. The van der Waals surface area contributed by atoms with Gasteiger partial charge >= 0.3 is 0 Å². The quantitative estimate of drug-likeness (QED) is 0.602. The zero-order valence-corrected chi connectivity index (χ0v) is 10.2. The molecule has 1 unspecified atom stereocenters. The summed E-state index contributed by atoms with van der Waals surface area (Å²) < 4.78 is 10.3. The third-order valence-electron chi connectivity index (χ3n) is 2.88. The Labute approximate surface area is 92.9 Å². The number of ether oxygens (including phenoxy) is 2. The van der Waals surface area contributed by atoms with Gasteiger partial charge in [-0.2, -0.15) is 0 Å². The lowest BCUT2D eigenvalue weighted by Crippen LogP contribution is -2.44. The van der Waals surface area contributed by atoms with E-state index in [1.165, 1.54) is 12.8 Å². The van der Waals surface area contributed by atoms with Crippen molar-refractivity contribution in [2.75, 3.05) is 47.6 Å². The van der Waals surface area contributed by atoms with Crippen LogP contribution in [0.5, 0.6) is 0 Å². The van der Waals surface area contributed by atoms with E-state index in [4.69, 9.17) is 9.47 Å². The van der Waals surface area contributed by atoms with Gasteiger partial charge in [-0.3, -0.25) is 4.90 Å². The van der Waals surface area contributed by atoms with Crippen molar-refractivity contribution in [1.82, 2.24) is 10.2 Å². The lowest BCUT2D eigenvalue weighted by Gasteiger charge is -2.26. The van der Waals surface area contributed by atoms with Crippen molar-refractivity contribution >= 4 is 0 Å². The molecule has 1 aliphatic rings. The van der Waals surface area contributed by atoms with Crippen molar-refractivity contribution in [3.8, 4) is 0 Å². The molecule has 1 aliphatic carbocycles. The van der Waals surface area contributed by atoms with Gasteiger partial charge in [0.1, 0.15) is 0 Å². The van der Waals surface area contributed by atoms with Crippen LogP contribution in [0.4, 0.5) is 0 Å². The predicted octanol–water partition coefficient (Wildman–Crippen LogP) is 0.332. The van der Waals surface area contributed by atoms with Crippen LogP contribution in [-0.2, 0) is 9.47 Å². The summed E-state index contributed by atoms with van der Waals surface area (Å²) in [5.74, 6) is 0. The van der Waals surface area contributed by atoms with Crippen LogP contribution in [0.3, 0.4) is 0 Å². The zero-order chi connectivity index (χ0) is 11.1. The average molecular weight is 216 g/mol. The summed E-state index contributed by atoms with van der Waals surface area (Å²) in [6.07, 6.45) is 2.68. The van der Waals surface area contributed by atoms with Gasteiger partial charge in [0.25, 0.3) is 0 Å². The van der Waals surface area contributed by atoms with Crippen molar-refractivity contribution in [2.45, 2.75) is 24.9 Å². The number of rotatable bonds is 9. The van der Waals surface area contributed by atoms with Gasteiger partial charge in [0.15, 0.2) is 0 Å². The Morgan fingerprint density at radius 3 is 2.53 bits per heavy atom. The normalized spacial score (nSPS) is 18.4. The monoisotopic (exact) mass is 216 g/mol. The Kier molecular flexibility index (Phi) is 6.17. The average Bonchev–Trinajstić information content (AvgIpc) is 3.06. The van der Waals surface area contributed by atoms with E-state index in [1.807, 2.05) is 7.05 Å². The molecule has 1 atom stereocenters. The van der Waals surface area contributed by atoms with Crippen molar-refractivity contribution < 1.29 is 9.47 Å². The maximum Gasteiger partial charge on any atom is 0.0628 e. The molecule has 4 nitrogen and oxygen atoms in total. The van der Waals surface area contributed by atoms with Gasteiger partial charge in [-0.25, -0.2) is 0 Å². The van der Waals surface area contributed by atoms with Gasteiger partial charge in [0.2, 0.25) is 0 Å². The second kappa shape index (κ2) is 7.17. The summed E-state index contributed by atoms with van der Waals surface area (Å²) in [7, 11) is 5.50. The Morgan fingerprint density at radius 1 is 1.33 bits per heavy atom. The molecule has 0 radical (unpaired) electrons. The minimum atomic E-state index is 0.424. The van der Waals surface area contributed by atoms with Crippen molar-refractivity contribution in [2.24, 2.45) is 0 Å². The molecule has 1 saturated carbocycles. The Bertz CT molecular complexity index is 163. The highest BCUT2D eigenvalue weighted by Crippen LogP contribution is 2.26. The number of nitrogens with zero attached hydrogens (tertiary/aromatic N) is 1. The van der Waals surface area contributed by atoms with Gasteiger partial charge < -0.3 is 14.8 Å². The number of hydrogen-bond donors (Lipinski definition) is 1. The van der Waals surface area contributed by atoms with Crippen LogP contribution < -0.4 is 5.32 Å². The van der Waals surface area contributed by atoms with E-state index in [1.54, 1.807) is 14.2 Å². The number of hydrogen-bond acceptors (Lipinski definition) is 4. The Hall–Kier alpha value is -0.160. The number of nitrogens with one attached hydrogen (secondary N) is 1. The molecule has 0 aromatic carbocycles. The molecule has 0 saturated heterocycles. The maximum atomic E-state index is 5.18. The highest BCUT2D eigenvalue weighted by molar-refractivity contribution is 4.86. The van der Waals surface area contributed by atoms with Gasteiger partial charge in [-0.05, 0) is 19.9 Å². The van der Waals surface area contributed by atoms with Gasteiger partial charge in [0.05, 0.1) is 13.2 Å². The summed E-state index contributed by atoms with van der Waals surface area (Å²) in [6, 6.07) is 1.21. The van der Waals surface area contributed by atoms with Crippen LogP contribution in [0.15, 0.2) is 0 Å². The summed E-state index contributed by atoms with van der Waals surface area (Å²) in [4.78, 5) is 2.50. The van der Waals surface area contributed by atoms with Crippen LogP contribution in [0.2, 0.25) is 0 Å². The van der Waals surface area contributed by atoms with Crippen LogP contribution in [0.1, 0.15) is 12.8 Å². The highest BCUT2D eigenvalue weighted by atomic mass is 16.5. The van der Waals surface area contributed by atoms with Crippen molar-refractivity contribution in [3.05, 3.63) is 0 Å². The van der Waals surface area contributed by atoms with Gasteiger partial charge in [0, 0.05) is 39.4 Å². The number of methoxy groups -OCH3 is 2. The van der Waals surface area contributed by atoms with Crippen LogP contribution in [0.25, 0.3) is 0 Å². The summed E-state index contributed by atoms with van der Waals surface area (Å²) >= 11 is 0. The fraction of sp³-hybridized carbons (Fsp3) is 1.00. The molecule has 0 aliphatic heterocycles. The van der Waals surface area contributed by atoms with Crippen LogP contribution >= 0.6 is 0 Å². The van der Waals surface area contributed by atoms with Crippen LogP contribution in [-0.4, -0.2) is 64.6 Å². The van der Waals surface area contributed by atoms with E-state index in [0.717, 1.165) is 32.3 Å². The molecular weight excluding hydrogens is 192 g/mol. The second-order valence-electron chi connectivity index (χ2n) is 4.16. The standard InChI is InChI=1S/C11H24N2O2/c1-12-10(9-15-3)8-13(6-7-14-2)11-4-5-11/h10-12H,4-9H2,1-3H3.